The van der Waals surface area contributed by atoms with E-state index in [2.05, 4.69) is 43.4 Å². The van der Waals surface area contributed by atoms with Gasteiger partial charge in [0, 0.05) is 16.1 Å². The van der Waals surface area contributed by atoms with Gasteiger partial charge in [-0.3, -0.25) is 4.79 Å². The Labute approximate surface area is 171 Å². The van der Waals surface area contributed by atoms with Crippen LogP contribution in [0.2, 0.25) is 5.02 Å². The Bertz CT molecular complexity index is 937. The maximum atomic E-state index is 12.7. The Balaban J connectivity index is 1.67. The Morgan fingerprint density at radius 1 is 1.04 bits per heavy atom. The molecule has 0 aliphatic rings. The number of aryl methyl sites for hydroxylation is 1. The van der Waals surface area contributed by atoms with E-state index in [9.17, 15) is 4.79 Å². The van der Waals surface area contributed by atoms with E-state index in [4.69, 9.17) is 16.3 Å². The molecule has 3 rings (SSSR count). The molecule has 0 aromatic heterocycles. The molecule has 0 bridgehead atoms. The summed E-state index contributed by atoms with van der Waals surface area (Å²) >= 11 is 6.17. The first kappa shape index (κ1) is 20.0. The molecule has 0 fully saturated rings. The number of carbonyl (C=O) groups is 1. The fourth-order valence-corrected chi connectivity index (χ4v) is 3.16. The number of halogens is 1. The van der Waals surface area contributed by atoms with Crippen LogP contribution in [0, 0.1) is 6.92 Å². The van der Waals surface area contributed by atoms with Gasteiger partial charge in [0.25, 0.3) is 5.91 Å². The molecular formula is C24H24ClNO2. The molecule has 3 aromatic carbocycles. The van der Waals surface area contributed by atoms with E-state index in [1.165, 1.54) is 5.56 Å². The van der Waals surface area contributed by atoms with Gasteiger partial charge in [-0.1, -0.05) is 72.6 Å². The molecule has 3 nitrogen and oxygen atoms in total. The molecule has 0 saturated heterocycles. The summed E-state index contributed by atoms with van der Waals surface area (Å²) < 4.78 is 5.83. The maximum Gasteiger partial charge on any atom is 0.251 e. The molecule has 1 amide bonds. The summed E-state index contributed by atoms with van der Waals surface area (Å²) in [5, 5.41) is 3.78. The molecule has 0 heterocycles. The lowest BCUT2D eigenvalue weighted by atomic mass is 10.0. The van der Waals surface area contributed by atoms with Gasteiger partial charge in [0.15, 0.2) is 0 Å². The van der Waals surface area contributed by atoms with Crippen LogP contribution >= 0.6 is 11.6 Å². The van der Waals surface area contributed by atoms with E-state index in [0.29, 0.717) is 22.9 Å². The predicted octanol–water partition coefficient (Wildman–Crippen LogP) is 6.11. The minimum absolute atomic E-state index is 0.0270. The highest BCUT2D eigenvalue weighted by Crippen LogP contribution is 2.21. The summed E-state index contributed by atoms with van der Waals surface area (Å²) in [4.78, 5) is 12.7. The van der Waals surface area contributed by atoms with Crippen molar-refractivity contribution in [3.05, 3.63) is 100 Å². The standard InChI is InChI=1S/C24H24ClNO2/c1-3-23(18-13-11-17(2)12-14-18)26-24(27)19-8-6-9-21(15-19)28-16-20-7-4-5-10-22(20)25/h4-15,23H,3,16H2,1-2H3,(H,26,27). The van der Waals surface area contributed by atoms with Gasteiger partial charge in [-0.15, -0.1) is 0 Å². The predicted molar refractivity (Wildman–Crippen MR) is 114 cm³/mol. The minimum Gasteiger partial charge on any atom is -0.489 e. The van der Waals surface area contributed by atoms with Crippen LogP contribution in [0.25, 0.3) is 0 Å². The molecule has 3 aromatic rings. The molecule has 144 valence electrons. The molecule has 28 heavy (non-hydrogen) atoms. The Hall–Kier alpha value is -2.78. The lowest BCUT2D eigenvalue weighted by Crippen LogP contribution is -2.28. The Morgan fingerprint density at radius 3 is 2.50 bits per heavy atom. The molecule has 0 aliphatic heterocycles. The molecule has 0 spiro atoms. The zero-order chi connectivity index (χ0) is 19.9. The lowest BCUT2D eigenvalue weighted by molar-refractivity contribution is 0.0935. The van der Waals surface area contributed by atoms with Crippen molar-refractivity contribution in [3.63, 3.8) is 0 Å². The van der Waals surface area contributed by atoms with E-state index in [1.807, 2.05) is 36.4 Å². The number of hydrogen-bond donors (Lipinski definition) is 1. The highest BCUT2D eigenvalue weighted by atomic mass is 35.5. The monoisotopic (exact) mass is 393 g/mol. The average Bonchev–Trinajstić information content (AvgIpc) is 2.72. The number of benzene rings is 3. The third-order valence-corrected chi connectivity index (χ3v) is 5.01. The smallest absolute Gasteiger partial charge is 0.251 e. The van der Waals surface area contributed by atoms with Crippen LogP contribution in [0.15, 0.2) is 72.8 Å². The molecule has 1 atom stereocenters. The first-order valence-corrected chi connectivity index (χ1v) is 9.78. The zero-order valence-corrected chi connectivity index (χ0v) is 16.9. The first-order chi connectivity index (χ1) is 13.6. The topological polar surface area (TPSA) is 38.3 Å². The number of amides is 1. The summed E-state index contributed by atoms with van der Waals surface area (Å²) in [6, 6.07) is 23.0. The minimum atomic E-state index is -0.115. The first-order valence-electron chi connectivity index (χ1n) is 9.40. The molecule has 0 saturated carbocycles. The van der Waals surface area contributed by atoms with E-state index in [0.717, 1.165) is 17.5 Å². The number of carbonyl (C=O) groups excluding carboxylic acids is 1. The molecule has 1 unspecified atom stereocenters. The van der Waals surface area contributed by atoms with Crippen molar-refractivity contribution < 1.29 is 9.53 Å². The summed E-state index contributed by atoms with van der Waals surface area (Å²) in [5.41, 5.74) is 3.78. The molecule has 0 aliphatic carbocycles. The summed E-state index contributed by atoms with van der Waals surface area (Å²) in [6.07, 6.45) is 0.817. The molecule has 0 radical (unpaired) electrons. The van der Waals surface area contributed by atoms with Crippen molar-refractivity contribution >= 4 is 17.5 Å². The van der Waals surface area contributed by atoms with Crippen LogP contribution in [0.3, 0.4) is 0 Å². The number of rotatable bonds is 7. The van der Waals surface area contributed by atoms with Gasteiger partial charge in [-0.25, -0.2) is 0 Å². The van der Waals surface area contributed by atoms with Gasteiger partial charge in [0.1, 0.15) is 12.4 Å². The number of nitrogens with one attached hydrogen (secondary N) is 1. The molecule has 1 N–H and O–H groups in total. The lowest BCUT2D eigenvalue weighted by Gasteiger charge is -2.18. The van der Waals surface area contributed by atoms with E-state index in [-0.39, 0.29) is 11.9 Å². The summed E-state index contributed by atoms with van der Waals surface area (Å²) in [6.45, 7) is 4.47. The van der Waals surface area contributed by atoms with Gasteiger partial charge in [0.05, 0.1) is 6.04 Å². The van der Waals surface area contributed by atoms with Crippen molar-refractivity contribution in [3.8, 4) is 5.75 Å². The SMILES string of the molecule is CCC(NC(=O)c1cccc(OCc2ccccc2Cl)c1)c1ccc(C)cc1. The molecular weight excluding hydrogens is 370 g/mol. The average molecular weight is 394 g/mol. The van der Waals surface area contributed by atoms with Gasteiger partial charge in [-0.05, 0) is 43.2 Å². The van der Waals surface area contributed by atoms with Gasteiger partial charge in [0.2, 0.25) is 0 Å². The highest BCUT2D eigenvalue weighted by molar-refractivity contribution is 6.31. The summed E-state index contributed by atoms with van der Waals surface area (Å²) in [5.74, 6) is 0.520. The third kappa shape index (κ3) is 5.14. The fourth-order valence-electron chi connectivity index (χ4n) is 2.97. The second kappa shape index (κ2) is 9.43. The highest BCUT2D eigenvalue weighted by Gasteiger charge is 2.14. The van der Waals surface area contributed by atoms with Crippen LogP contribution in [0.1, 0.15) is 46.4 Å². The van der Waals surface area contributed by atoms with Crippen LogP contribution in [-0.4, -0.2) is 5.91 Å². The largest absolute Gasteiger partial charge is 0.489 e. The molecule has 4 heteroatoms. The quantitative estimate of drug-likeness (QED) is 0.526. The van der Waals surface area contributed by atoms with Crippen molar-refractivity contribution in [2.45, 2.75) is 32.9 Å². The van der Waals surface area contributed by atoms with E-state index < -0.39 is 0 Å². The Kier molecular flexibility index (Phi) is 6.72. The summed E-state index contributed by atoms with van der Waals surface area (Å²) in [7, 11) is 0. The van der Waals surface area contributed by atoms with Gasteiger partial charge < -0.3 is 10.1 Å². The van der Waals surface area contributed by atoms with Crippen LogP contribution in [-0.2, 0) is 6.61 Å². The zero-order valence-electron chi connectivity index (χ0n) is 16.1. The third-order valence-electron chi connectivity index (χ3n) is 4.64. The second-order valence-electron chi connectivity index (χ2n) is 6.75. The number of ether oxygens (including phenoxy) is 1. The normalized spacial score (nSPS) is 11.7. The van der Waals surface area contributed by atoms with Gasteiger partial charge in [-0.2, -0.15) is 0 Å². The number of hydrogen-bond acceptors (Lipinski definition) is 2. The van der Waals surface area contributed by atoms with Crippen LogP contribution in [0.5, 0.6) is 5.75 Å². The maximum absolute atomic E-state index is 12.7. The Morgan fingerprint density at radius 2 is 1.79 bits per heavy atom. The fraction of sp³-hybridized carbons (Fsp3) is 0.208. The van der Waals surface area contributed by atoms with Crippen molar-refractivity contribution in [1.29, 1.82) is 0 Å². The van der Waals surface area contributed by atoms with Crippen LogP contribution < -0.4 is 10.1 Å². The van der Waals surface area contributed by atoms with Crippen molar-refractivity contribution in [2.24, 2.45) is 0 Å². The van der Waals surface area contributed by atoms with Crippen molar-refractivity contribution in [1.82, 2.24) is 5.32 Å². The van der Waals surface area contributed by atoms with E-state index >= 15 is 0 Å². The van der Waals surface area contributed by atoms with Gasteiger partial charge >= 0.3 is 0 Å². The van der Waals surface area contributed by atoms with E-state index in [1.54, 1.807) is 12.1 Å². The second-order valence-corrected chi connectivity index (χ2v) is 7.16. The van der Waals surface area contributed by atoms with Crippen molar-refractivity contribution in [2.75, 3.05) is 0 Å². The van der Waals surface area contributed by atoms with Crippen LogP contribution in [0.4, 0.5) is 0 Å².